The van der Waals surface area contributed by atoms with Crippen LogP contribution in [0.1, 0.15) is 25.0 Å². The van der Waals surface area contributed by atoms with E-state index in [0.29, 0.717) is 28.7 Å². The summed E-state index contributed by atoms with van der Waals surface area (Å²) in [6.07, 6.45) is 1.27. The summed E-state index contributed by atoms with van der Waals surface area (Å²) in [5.74, 6) is 0. The van der Waals surface area contributed by atoms with Crippen molar-refractivity contribution in [1.29, 1.82) is 0 Å². The van der Waals surface area contributed by atoms with Crippen LogP contribution in [-0.4, -0.2) is 18.0 Å². The minimum Gasteiger partial charge on any atom is -0.280 e. The number of nitrogens with zero attached hydrogens (tertiary/aromatic N) is 4. The Morgan fingerprint density at radius 3 is 2.55 bits per heavy atom. The molecule has 2 aromatic rings. The van der Waals surface area contributed by atoms with Gasteiger partial charge in [0.1, 0.15) is 0 Å². The fourth-order valence-corrected chi connectivity index (χ4v) is 3.82. The fourth-order valence-electron chi connectivity index (χ4n) is 2.16. The number of azide groups is 1. The third-order valence-electron chi connectivity index (χ3n) is 2.94. The smallest absolute Gasteiger partial charge is 0.280 e. The van der Waals surface area contributed by atoms with Crippen LogP contribution in [-0.2, 0) is 23.0 Å². The van der Waals surface area contributed by atoms with Gasteiger partial charge in [-0.25, -0.2) is 4.98 Å². The molecule has 7 nitrogen and oxygen atoms in total. The highest BCUT2D eigenvalue weighted by molar-refractivity contribution is 7.88. The predicted octanol–water partition coefficient (Wildman–Crippen LogP) is 3.61. The fraction of sp³-hybridized carbons (Fsp3) is 0.364. The quantitative estimate of drug-likeness (QED) is 0.401. The van der Waals surface area contributed by atoms with E-state index in [-0.39, 0.29) is 4.34 Å². The van der Waals surface area contributed by atoms with E-state index in [1.54, 1.807) is 6.07 Å². The summed E-state index contributed by atoms with van der Waals surface area (Å²) in [4.78, 5) is 6.80. The number of hydrogen-bond acceptors (Lipinski definition) is 5. The summed E-state index contributed by atoms with van der Waals surface area (Å²) in [5.41, 5.74) is 11.3. The zero-order valence-corrected chi connectivity index (χ0v) is 12.5. The first kappa shape index (κ1) is 14.7. The van der Waals surface area contributed by atoms with Crippen molar-refractivity contribution in [3.8, 4) is 0 Å². The van der Waals surface area contributed by atoms with Crippen molar-refractivity contribution >= 4 is 37.4 Å². The predicted molar refractivity (Wildman–Crippen MR) is 77.0 cm³/mol. The maximum atomic E-state index is 11.2. The Morgan fingerprint density at radius 2 is 2.05 bits per heavy atom. The van der Waals surface area contributed by atoms with E-state index in [4.69, 9.17) is 10.1 Å². The number of benzene rings is 1. The summed E-state index contributed by atoms with van der Waals surface area (Å²) in [7, 11) is -4.33. The Balaban J connectivity index is 2.90. The van der Waals surface area contributed by atoms with Crippen LogP contribution in [0.15, 0.2) is 15.5 Å². The molecule has 2 rings (SSSR count). The molecule has 20 heavy (non-hydrogen) atoms. The van der Waals surface area contributed by atoms with Gasteiger partial charge >= 0.3 is 10.1 Å². The number of hydrogen-bond donors (Lipinski definition) is 1. The second-order valence-electron chi connectivity index (χ2n) is 4.05. The highest BCUT2D eigenvalue weighted by atomic mass is 32.3. The van der Waals surface area contributed by atoms with Crippen LogP contribution in [0.25, 0.3) is 20.7 Å². The van der Waals surface area contributed by atoms with Crippen molar-refractivity contribution in [2.45, 2.75) is 31.0 Å². The van der Waals surface area contributed by atoms with Gasteiger partial charge < -0.3 is 0 Å². The molecule has 0 saturated carbocycles. The lowest BCUT2D eigenvalue weighted by Gasteiger charge is -2.09. The Morgan fingerprint density at radius 1 is 1.40 bits per heavy atom. The van der Waals surface area contributed by atoms with Crippen LogP contribution in [0.5, 0.6) is 0 Å². The number of aromatic nitrogens is 1. The molecule has 9 heteroatoms. The molecule has 1 N–H and O–H groups in total. The molecule has 106 valence electrons. The lowest BCUT2D eigenvalue weighted by Crippen LogP contribution is -1.97. The summed E-state index contributed by atoms with van der Waals surface area (Å²) in [5, 5.41) is 3.66. The Bertz CT molecular complexity index is 820. The van der Waals surface area contributed by atoms with E-state index in [9.17, 15) is 8.42 Å². The van der Waals surface area contributed by atoms with Crippen LogP contribution in [0, 0.1) is 0 Å². The molecule has 1 heterocycles. The van der Waals surface area contributed by atoms with Crippen LogP contribution in [0.2, 0.25) is 0 Å². The zero-order chi connectivity index (χ0) is 14.9. The summed E-state index contributed by atoms with van der Waals surface area (Å²) < 4.78 is 31.7. The minimum atomic E-state index is -4.33. The largest absolute Gasteiger partial charge is 0.322 e. The monoisotopic (exact) mass is 312 g/mol. The molecule has 0 unspecified atom stereocenters. The normalized spacial score (nSPS) is 11.6. The Labute approximate surface area is 119 Å². The van der Waals surface area contributed by atoms with Crippen molar-refractivity contribution in [3.05, 3.63) is 27.6 Å². The molecular formula is C11H12N4O3S2. The van der Waals surface area contributed by atoms with E-state index in [1.165, 1.54) is 0 Å². The van der Waals surface area contributed by atoms with Gasteiger partial charge in [-0.3, -0.25) is 4.55 Å². The number of thiazole rings is 1. The number of aryl methyl sites for hydroxylation is 1. The molecular weight excluding hydrogens is 300 g/mol. The molecule has 0 amide bonds. The summed E-state index contributed by atoms with van der Waals surface area (Å²) in [6, 6.07) is 1.61. The molecule has 0 spiro atoms. The van der Waals surface area contributed by atoms with Gasteiger partial charge in [0.25, 0.3) is 0 Å². The SMILES string of the molecule is CCc1c(N=[N+]=[N-])cc2sc(S(=O)(=O)O)nc2c1CC. The molecule has 1 aromatic heterocycles. The highest BCUT2D eigenvalue weighted by Gasteiger charge is 2.20. The average Bonchev–Trinajstić information content (AvgIpc) is 2.80. The van der Waals surface area contributed by atoms with Crippen LogP contribution in [0.3, 0.4) is 0 Å². The van der Waals surface area contributed by atoms with Gasteiger partial charge in [0.2, 0.25) is 4.34 Å². The van der Waals surface area contributed by atoms with Crippen molar-refractivity contribution in [2.24, 2.45) is 5.11 Å². The van der Waals surface area contributed by atoms with E-state index < -0.39 is 10.1 Å². The minimum absolute atomic E-state index is 0.345. The average molecular weight is 312 g/mol. The molecule has 0 saturated heterocycles. The van der Waals surface area contributed by atoms with Crippen LogP contribution < -0.4 is 0 Å². The molecule has 0 radical (unpaired) electrons. The van der Waals surface area contributed by atoms with Crippen molar-refractivity contribution < 1.29 is 13.0 Å². The maximum Gasteiger partial charge on any atom is 0.322 e. The first-order chi connectivity index (χ1) is 9.42. The molecule has 0 atom stereocenters. The van der Waals surface area contributed by atoms with E-state index in [2.05, 4.69) is 15.0 Å². The Kier molecular flexibility index (Phi) is 3.96. The van der Waals surface area contributed by atoms with Gasteiger partial charge in [0.15, 0.2) is 0 Å². The second kappa shape index (κ2) is 5.37. The van der Waals surface area contributed by atoms with Crippen molar-refractivity contribution in [2.75, 3.05) is 0 Å². The van der Waals surface area contributed by atoms with E-state index in [1.807, 2.05) is 13.8 Å². The molecule has 0 fully saturated rings. The summed E-state index contributed by atoms with van der Waals surface area (Å²) >= 11 is 0.861. The third kappa shape index (κ3) is 2.48. The van der Waals surface area contributed by atoms with E-state index >= 15 is 0 Å². The van der Waals surface area contributed by atoms with Gasteiger partial charge in [-0.05, 0) is 35.6 Å². The van der Waals surface area contributed by atoms with Gasteiger partial charge in [-0.15, -0.1) is 11.3 Å². The zero-order valence-electron chi connectivity index (χ0n) is 10.9. The maximum absolute atomic E-state index is 11.2. The van der Waals surface area contributed by atoms with Crippen LogP contribution in [0.4, 0.5) is 5.69 Å². The van der Waals surface area contributed by atoms with Gasteiger partial charge in [0.05, 0.1) is 10.2 Å². The first-order valence-electron chi connectivity index (χ1n) is 5.90. The Hall–Kier alpha value is -1.67. The molecule has 0 bridgehead atoms. The third-order valence-corrected chi connectivity index (χ3v) is 5.15. The van der Waals surface area contributed by atoms with Crippen molar-refractivity contribution in [3.63, 3.8) is 0 Å². The lowest BCUT2D eigenvalue weighted by atomic mass is 10.00. The van der Waals surface area contributed by atoms with Crippen LogP contribution >= 0.6 is 11.3 Å². The van der Waals surface area contributed by atoms with Crippen molar-refractivity contribution in [1.82, 2.24) is 4.98 Å². The topological polar surface area (TPSA) is 116 Å². The molecule has 0 aliphatic carbocycles. The van der Waals surface area contributed by atoms with Gasteiger partial charge in [-0.1, -0.05) is 19.0 Å². The number of fused-ring (bicyclic) bond motifs is 1. The highest BCUT2D eigenvalue weighted by Crippen LogP contribution is 2.36. The molecule has 0 aliphatic rings. The van der Waals surface area contributed by atoms with Gasteiger partial charge in [-0.2, -0.15) is 8.42 Å². The van der Waals surface area contributed by atoms with Gasteiger partial charge in [0, 0.05) is 10.6 Å². The lowest BCUT2D eigenvalue weighted by molar-refractivity contribution is 0.482. The second-order valence-corrected chi connectivity index (χ2v) is 6.68. The molecule has 1 aromatic carbocycles. The molecule has 0 aliphatic heterocycles. The first-order valence-corrected chi connectivity index (χ1v) is 8.15. The standard InChI is InChI=1S/C11H12N4O3S2/c1-3-6-7(4-2)10-9(5-8(6)14-15-12)19-11(13-10)20(16,17)18/h5H,3-4H2,1-2H3,(H,16,17,18). The number of rotatable bonds is 4. The summed E-state index contributed by atoms with van der Waals surface area (Å²) in [6.45, 7) is 3.84. The van der Waals surface area contributed by atoms with E-state index in [0.717, 1.165) is 22.5 Å².